The van der Waals surface area contributed by atoms with Crippen molar-refractivity contribution in [2.75, 3.05) is 18.7 Å². The van der Waals surface area contributed by atoms with Gasteiger partial charge in [0.1, 0.15) is 35.9 Å². The third kappa shape index (κ3) is 8.95. The number of hydrogen-bond acceptors (Lipinski definition) is 10. The Balaban J connectivity index is 1.69. The van der Waals surface area contributed by atoms with Crippen LogP contribution < -0.4 is 15.9 Å². The van der Waals surface area contributed by atoms with Crippen LogP contribution in [0, 0.1) is 0 Å². The van der Waals surface area contributed by atoms with E-state index in [1.54, 1.807) is 31.7 Å². The van der Waals surface area contributed by atoms with Crippen molar-refractivity contribution in [1.82, 2.24) is 29.7 Å². The van der Waals surface area contributed by atoms with Crippen LogP contribution in [0.5, 0.6) is 0 Å². The fourth-order valence-corrected chi connectivity index (χ4v) is 6.92. The fourth-order valence-electron chi connectivity index (χ4n) is 4.53. The number of nitrogens with zero attached hydrogens (tertiary/aromatic N) is 4. The minimum atomic E-state index is -3.69. The second kappa shape index (κ2) is 14.3. The third-order valence-electron chi connectivity index (χ3n) is 6.72. The molecule has 0 saturated heterocycles. The van der Waals surface area contributed by atoms with E-state index < -0.39 is 37.1 Å². The maximum Gasteiger partial charge on any atom is 0.326 e. The van der Waals surface area contributed by atoms with E-state index in [2.05, 4.69) is 32.1 Å². The molecular weight excluding hydrogens is 537 g/mol. The SMILES string of the molecule is CCCCCOC(=O)C(C)(C)N[P@](=O)(CO[C@H](C)Cn1cnc2c(N)ncnc21)N[C@H](C)C(=O)OC1CCCC1. The molecule has 3 atom stereocenters. The molecule has 0 radical (unpaired) electrons. The number of nitrogens with one attached hydrogen (secondary N) is 2. The first-order valence-corrected chi connectivity index (χ1v) is 15.9. The predicted octanol–water partition coefficient (Wildman–Crippen LogP) is 3.53. The molecule has 0 amide bonds. The number of nitrogens with two attached hydrogens (primary N) is 1. The smallest absolute Gasteiger partial charge is 0.326 e. The van der Waals surface area contributed by atoms with Gasteiger partial charge in [0.15, 0.2) is 11.5 Å². The quantitative estimate of drug-likeness (QED) is 0.150. The number of nitrogen functional groups attached to an aromatic ring is 1. The zero-order valence-electron chi connectivity index (χ0n) is 24.2. The number of rotatable bonds is 16. The van der Waals surface area contributed by atoms with Crippen molar-refractivity contribution in [3.05, 3.63) is 12.7 Å². The number of unbranched alkanes of at least 4 members (excludes halogenated alkanes) is 2. The number of esters is 2. The summed E-state index contributed by atoms with van der Waals surface area (Å²) in [5.74, 6) is -0.761. The van der Waals surface area contributed by atoms with Gasteiger partial charge in [-0.15, -0.1) is 0 Å². The first kappa shape index (κ1) is 31.9. The Morgan fingerprint density at radius 3 is 2.62 bits per heavy atom. The Morgan fingerprint density at radius 2 is 1.93 bits per heavy atom. The van der Waals surface area contributed by atoms with Crippen LogP contribution in [0.15, 0.2) is 12.7 Å². The molecule has 1 saturated carbocycles. The molecule has 2 heterocycles. The third-order valence-corrected chi connectivity index (χ3v) is 8.95. The summed E-state index contributed by atoms with van der Waals surface area (Å²) in [6, 6.07) is -0.897. The topological polar surface area (TPSA) is 173 Å². The minimum Gasteiger partial charge on any atom is -0.464 e. The number of hydrogen-bond donors (Lipinski definition) is 3. The minimum absolute atomic E-state index is 0.127. The lowest BCUT2D eigenvalue weighted by Crippen LogP contribution is -2.50. The lowest BCUT2D eigenvalue weighted by Gasteiger charge is -2.32. The molecule has 1 aliphatic rings. The van der Waals surface area contributed by atoms with Gasteiger partial charge in [0.05, 0.1) is 25.6 Å². The van der Waals surface area contributed by atoms with Crippen LogP contribution in [0.4, 0.5) is 5.82 Å². The van der Waals surface area contributed by atoms with Gasteiger partial charge < -0.3 is 24.5 Å². The molecule has 1 fully saturated rings. The van der Waals surface area contributed by atoms with E-state index >= 15 is 0 Å². The molecule has 1 aliphatic carbocycles. The van der Waals surface area contributed by atoms with E-state index in [0.717, 1.165) is 44.9 Å². The lowest BCUT2D eigenvalue weighted by molar-refractivity contribution is -0.150. The van der Waals surface area contributed by atoms with Crippen LogP contribution in [0.1, 0.15) is 79.6 Å². The summed E-state index contributed by atoms with van der Waals surface area (Å²) in [5, 5.41) is 5.81. The van der Waals surface area contributed by atoms with Crippen molar-refractivity contribution in [2.45, 2.75) is 110 Å². The van der Waals surface area contributed by atoms with Crippen molar-refractivity contribution in [3.63, 3.8) is 0 Å². The number of carbonyl (C=O) groups excluding carboxylic acids is 2. The van der Waals surface area contributed by atoms with Gasteiger partial charge in [-0.1, -0.05) is 19.8 Å². The number of anilines is 1. The monoisotopic (exact) mass is 581 g/mol. The maximum atomic E-state index is 14.2. The van der Waals surface area contributed by atoms with Gasteiger partial charge in [-0.25, -0.2) is 25.1 Å². The number of fused-ring (bicyclic) bond motifs is 1. The van der Waals surface area contributed by atoms with Gasteiger partial charge in [-0.2, -0.15) is 0 Å². The molecule has 0 aliphatic heterocycles. The predicted molar refractivity (Wildman–Crippen MR) is 151 cm³/mol. The van der Waals surface area contributed by atoms with Gasteiger partial charge in [-0.05, 0) is 59.8 Å². The van der Waals surface area contributed by atoms with Gasteiger partial charge in [0.2, 0.25) is 7.44 Å². The summed E-state index contributed by atoms with van der Waals surface area (Å²) in [5.41, 5.74) is 5.60. The van der Waals surface area contributed by atoms with E-state index in [1.165, 1.54) is 6.33 Å². The average molecular weight is 582 g/mol. The normalized spacial score (nSPS) is 17.4. The summed E-state index contributed by atoms with van der Waals surface area (Å²) in [4.78, 5) is 38.1. The largest absolute Gasteiger partial charge is 0.464 e. The first-order valence-electron chi connectivity index (χ1n) is 14.0. The second-order valence-corrected chi connectivity index (χ2v) is 13.2. The number of aromatic nitrogens is 4. The van der Waals surface area contributed by atoms with Gasteiger partial charge in [0, 0.05) is 0 Å². The van der Waals surface area contributed by atoms with E-state index in [9.17, 15) is 14.2 Å². The molecule has 3 rings (SSSR count). The highest BCUT2D eigenvalue weighted by molar-refractivity contribution is 7.59. The molecule has 40 heavy (non-hydrogen) atoms. The maximum absolute atomic E-state index is 14.2. The fraction of sp³-hybridized carbons (Fsp3) is 0.731. The van der Waals surface area contributed by atoms with Crippen LogP contribution in [-0.4, -0.2) is 68.2 Å². The van der Waals surface area contributed by atoms with Crippen LogP contribution in [0.2, 0.25) is 0 Å². The molecule has 224 valence electrons. The Labute approximate surface area is 235 Å². The highest BCUT2D eigenvalue weighted by Gasteiger charge is 2.39. The van der Waals surface area contributed by atoms with Crippen molar-refractivity contribution in [1.29, 1.82) is 0 Å². The highest BCUT2D eigenvalue weighted by Crippen LogP contribution is 2.40. The molecular formula is C26H44N7O6P. The van der Waals surface area contributed by atoms with Crippen molar-refractivity contribution >= 4 is 36.4 Å². The Hall–Kier alpha value is -2.60. The number of carbonyl (C=O) groups is 2. The van der Waals surface area contributed by atoms with Crippen molar-refractivity contribution in [3.8, 4) is 0 Å². The standard InChI is InChI=1S/C26H44N7O6P/c1-6-7-10-13-37-25(35)26(4,5)32-40(36,31-19(3)24(34)39-20-11-8-9-12-20)17-38-18(2)14-33-16-30-21-22(27)28-15-29-23(21)33/h15-16,18-20H,6-14,17H2,1-5H3,(H2,27,28,29)(H2,31,32,36)/t18-,19-,40+/m1/s1. The molecule has 4 N–H and O–H groups in total. The van der Waals surface area contributed by atoms with Crippen LogP contribution in [-0.2, 0) is 34.9 Å². The molecule has 0 unspecified atom stereocenters. The number of ether oxygens (including phenoxy) is 3. The molecule has 2 aromatic rings. The molecule has 2 aromatic heterocycles. The summed E-state index contributed by atoms with van der Waals surface area (Å²) in [6.07, 6.45) is 8.46. The zero-order valence-corrected chi connectivity index (χ0v) is 25.1. The zero-order chi connectivity index (χ0) is 29.3. The average Bonchev–Trinajstić information content (AvgIpc) is 3.56. The van der Waals surface area contributed by atoms with Crippen molar-refractivity contribution < 1.29 is 28.4 Å². The van der Waals surface area contributed by atoms with Gasteiger partial charge in [-0.3, -0.25) is 14.2 Å². The Morgan fingerprint density at radius 1 is 1.20 bits per heavy atom. The molecule has 14 heteroatoms. The van der Waals surface area contributed by atoms with E-state index in [0.29, 0.717) is 17.7 Å². The summed E-state index contributed by atoms with van der Waals surface area (Å²) >= 11 is 0. The van der Waals surface area contributed by atoms with Crippen LogP contribution in [0.3, 0.4) is 0 Å². The summed E-state index contributed by atoms with van der Waals surface area (Å²) < 4.78 is 33.0. The summed E-state index contributed by atoms with van der Waals surface area (Å²) in [6.45, 7) is 9.27. The Kier molecular flexibility index (Phi) is 11.4. The number of imidazole rings is 1. The molecule has 0 spiro atoms. The van der Waals surface area contributed by atoms with Crippen LogP contribution >= 0.6 is 7.44 Å². The lowest BCUT2D eigenvalue weighted by atomic mass is 10.1. The van der Waals surface area contributed by atoms with Gasteiger partial charge in [0.25, 0.3) is 0 Å². The second-order valence-electron chi connectivity index (χ2n) is 10.9. The highest BCUT2D eigenvalue weighted by atomic mass is 31.2. The van der Waals surface area contributed by atoms with E-state index in [4.69, 9.17) is 19.9 Å². The van der Waals surface area contributed by atoms with Crippen LogP contribution in [0.25, 0.3) is 11.2 Å². The van der Waals surface area contributed by atoms with Crippen molar-refractivity contribution in [2.24, 2.45) is 0 Å². The van der Waals surface area contributed by atoms with E-state index in [-0.39, 0.29) is 24.9 Å². The van der Waals surface area contributed by atoms with E-state index in [1.807, 2.05) is 6.92 Å². The summed E-state index contributed by atoms with van der Waals surface area (Å²) in [7, 11) is -3.69. The molecule has 13 nitrogen and oxygen atoms in total. The van der Waals surface area contributed by atoms with Gasteiger partial charge >= 0.3 is 11.9 Å². The molecule has 0 aromatic carbocycles. The Bertz CT molecular complexity index is 1180. The molecule has 0 bridgehead atoms. The first-order chi connectivity index (χ1) is 18.9.